The minimum Gasteiger partial charge on any atom is -0.457 e. The van der Waals surface area contributed by atoms with E-state index < -0.39 is 66.3 Å². The number of aliphatic hydroxyl groups excluding tert-OH is 5. The van der Waals surface area contributed by atoms with Crippen LogP contribution in [-0.4, -0.2) is 105 Å². The van der Waals surface area contributed by atoms with Gasteiger partial charge in [0, 0.05) is 18.3 Å². The fourth-order valence-corrected chi connectivity index (χ4v) is 14.7. The molecule has 3 heterocycles. The molecule has 5 aliphatic carbocycles. The second-order valence-corrected chi connectivity index (χ2v) is 19.3. The largest absolute Gasteiger partial charge is 0.457 e. The maximum absolute atomic E-state index is 12.8. The van der Waals surface area contributed by atoms with Crippen molar-refractivity contribution < 1.29 is 54.0 Å². The maximum Gasteiger partial charge on any atom is 0.303 e. The summed E-state index contributed by atoms with van der Waals surface area (Å²) < 4.78 is 32.0. The van der Waals surface area contributed by atoms with E-state index in [-0.39, 0.29) is 51.7 Å². The molecule has 2 bridgehead atoms. The molecule has 5 N–H and O–H groups in total. The van der Waals surface area contributed by atoms with E-state index in [2.05, 4.69) is 34.6 Å². The average molecular weight is 693 g/mol. The van der Waals surface area contributed by atoms with Gasteiger partial charge in [0.15, 0.2) is 12.1 Å². The molecular weight excluding hydrogens is 632 g/mol. The number of carbonyl (C=O) groups excluding carboxylic acids is 1. The van der Waals surface area contributed by atoms with E-state index in [1.165, 1.54) is 6.92 Å². The fourth-order valence-electron chi connectivity index (χ4n) is 14.7. The summed E-state index contributed by atoms with van der Waals surface area (Å²) >= 11 is 0. The highest BCUT2D eigenvalue weighted by molar-refractivity contribution is 5.66. The summed E-state index contributed by atoms with van der Waals surface area (Å²) in [6, 6.07) is 0. The molecule has 8 fully saturated rings. The van der Waals surface area contributed by atoms with Crippen LogP contribution < -0.4 is 0 Å². The molecule has 1 unspecified atom stereocenters. The molecule has 3 spiro atoms. The van der Waals surface area contributed by atoms with Crippen molar-refractivity contribution in [2.45, 2.75) is 173 Å². The Morgan fingerprint density at radius 3 is 2.24 bits per heavy atom. The Bertz CT molecular complexity index is 1370. The summed E-state index contributed by atoms with van der Waals surface area (Å²) in [6.45, 7) is 16.3. The number of hydrogen-bond donors (Lipinski definition) is 5. The standard InChI is InChI=1S/C38H60O11/c1-18-15-20-29(33(5,6)47-19(2)40)49-38(48-20)28(18)34(7)13-14-37-17-36(37)12-11-24(46-30-27(43)26(42)25(41)21(16-39)45-30)32(3,4)22(36)9-10-23(37)35(34,8)31(38)44/h18,20-31,39,41-44H,9-17H2,1-8H3/t18-,20-,21-,22?,23+,24+,25-,26+,27-,28-,29+,30+,31-,34-,35-,36-,37+,38+/m1/s1. The van der Waals surface area contributed by atoms with Gasteiger partial charge in [0.25, 0.3) is 0 Å². The Hall–Kier alpha value is -0.890. The molecule has 0 aromatic heterocycles. The molecule has 18 atom stereocenters. The van der Waals surface area contributed by atoms with Crippen molar-refractivity contribution in [2.75, 3.05) is 6.61 Å². The molecule has 49 heavy (non-hydrogen) atoms. The monoisotopic (exact) mass is 692 g/mol. The predicted octanol–water partition coefficient (Wildman–Crippen LogP) is 3.05. The minimum absolute atomic E-state index is 0.0123. The van der Waals surface area contributed by atoms with Gasteiger partial charge in [-0.2, -0.15) is 0 Å². The first-order chi connectivity index (χ1) is 22.8. The zero-order valence-electron chi connectivity index (χ0n) is 30.6. The van der Waals surface area contributed by atoms with Crippen molar-refractivity contribution in [1.29, 1.82) is 0 Å². The van der Waals surface area contributed by atoms with E-state index in [9.17, 15) is 30.3 Å². The van der Waals surface area contributed by atoms with Crippen molar-refractivity contribution >= 4 is 5.97 Å². The van der Waals surface area contributed by atoms with Gasteiger partial charge in [-0.1, -0.05) is 34.6 Å². The number of esters is 1. The third kappa shape index (κ3) is 4.14. The molecule has 3 saturated heterocycles. The van der Waals surface area contributed by atoms with Gasteiger partial charge in [0.05, 0.1) is 18.8 Å². The van der Waals surface area contributed by atoms with Crippen LogP contribution in [0, 0.1) is 50.7 Å². The molecule has 3 aliphatic heterocycles. The highest BCUT2D eigenvalue weighted by Gasteiger charge is 2.88. The first-order valence-corrected chi connectivity index (χ1v) is 19.0. The lowest BCUT2D eigenvalue weighted by atomic mass is 9.41. The van der Waals surface area contributed by atoms with Gasteiger partial charge in [0.1, 0.15) is 42.2 Å². The Kier molecular flexibility index (Phi) is 7.62. The molecule has 278 valence electrons. The third-order valence-electron chi connectivity index (χ3n) is 16.7. The van der Waals surface area contributed by atoms with Crippen molar-refractivity contribution in [3.8, 4) is 0 Å². The van der Waals surface area contributed by atoms with Crippen LogP contribution in [0.2, 0.25) is 0 Å². The van der Waals surface area contributed by atoms with Gasteiger partial charge in [-0.05, 0) is 105 Å². The fraction of sp³-hybridized carbons (Fsp3) is 0.974. The van der Waals surface area contributed by atoms with Gasteiger partial charge >= 0.3 is 5.97 Å². The average Bonchev–Trinajstić information content (AvgIpc) is 3.53. The zero-order valence-corrected chi connectivity index (χ0v) is 30.6. The van der Waals surface area contributed by atoms with E-state index >= 15 is 0 Å². The Balaban J connectivity index is 1.08. The maximum atomic E-state index is 12.8. The first kappa shape index (κ1) is 35.2. The van der Waals surface area contributed by atoms with Crippen LogP contribution in [0.25, 0.3) is 0 Å². The molecule has 8 aliphatic rings. The van der Waals surface area contributed by atoms with Crippen molar-refractivity contribution in [3.63, 3.8) is 0 Å². The summed E-state index contributed by atoms with van der Waals surface area (Å²) in [5, 5.41) is 54.1. The summed E-state index contributed by atoms with van der Waals surface area (Å²) in [5.41, 5.74) is -1.59. The van der Waals surface area contributed by atoms with Gasteiger partial charge in [-0.25, -0.2) is 0 Å². The predicted molar refractivity (Wildman–Crippen MR) is 174 cm³/mol. The molecule has 0 aromatic rings. The number of ether oxygens (including phenoxy) is 5. The number of carbonyl (C=O) groups is 1. The smallest absolute Gasteiger partial charge is 0.303 e. The molecule has 0 amide bonds. The summed E-state index contributed by atoms with van der Waals surface area (Å²) in [7, 11) is 0. The molecular formula is C38H60O11. The number of aliphatic hydroxyl groups is 5. The van der Waals surface area contributed by atoms with Gasteiger partial charge in [-0.15, -0.1) is 0 Å². The van der Waals surface area contributed by atoms with Gasteiger partial charge < -0.3 is 49.2 Å². The molecule has 5 saturated carbocycles. The minimum atomic E-state index is -1.47. The number of hydrogen-bond acceptors (Lipinski definition) is 11. The Labute approximate surface area is 290 Å². The first-order valence-electron chi connectivity index (χ1n) is 19.0. The normalized spacial score (nSPS) is 58.4. The van der Waals surface area contributed by atoms with Crippen LogP contribution in [0.15, 0.2) is 0 Å². The van der Waals surface area contributed by atoms with Crippen LogP contribution >= 0.6 is 0 Å². The van der Waals surface area contributed by atoms with E-state index in [1.54, 1.807) is 0 Å². The van der Waals surface area contributed by atoms with E-state index in [4.69, 9.17) is 23.7 Å². The lowest BCUT2D eigenvalue weighted by Gasteiger charge is -2.63. The van der Waals surface area contributed by atoms with Crippen LogP contribution in [0.1, 0.15) is 107 Å². The molecule has 0 radical (unpaired) electrons. The third-order valence-corrected chi connectivity index (χ3v) is 16.7. The molecule has 0 aromatic carbocycles. The Morgan fingerprint density at radius 1 is 0.898 bits per heavy atom. The highest BCUT2D eigenvalue weighted by atomic mass is 16.8. The molecule has 11 heteroatoms. The quantitative estimate of drug-likeness (QED) is 0.213. The topological polar surface area (TPSA) is 164 Å². The van der Waals surface area contributed by atoms with Crippen molar-refractivity contribution in [2.24, 2.45) is 50.7 Å². The second kappa shape index (κ2) is 10.6. The van der Waals surface area contributed by atoms with E-state index in [1.807, 2.05) is 13.8 Å². The van der Waals surface area contributed by atoms with Gasteiger partial charge in [0.2, 0.25) is 0 Å². The van der Waals surface area contributed by atoms with Crippen LogP contribution in [0.3, 0.4) is 0 Å². The van der Waals surface area contributed by atoms with Crippen LogP contribution in [-0.2, 0) is 28.5 Å². The summed E-state index contributed by atoms with van der Waals surface area (Å²) in [6.07, 6.45) is -0.517. The highest BCUT2D eigenvalue weighted by Crippen LogP contribution is 2.90. The van der Waals surface area contributed by atoms with E-state index in [0.29, 0.717) is 11.8 Å². The van der Waals surface area contributed by atoms with Crippen LogP contribution in [0.4, 0.5) is 0 Å². The van der Waals surface area contributed by atoms with Gasteiger partial charge in [-0.3, -0.25) is 4.79 Å². The Morgan fingerprint density at radius 2 is 1.57 bits per heavy atom. The summed E-state index contributed by atoms with van der Waals surface area (Å²) in [5.74, 6) is -0.561. The SMILES string of the molecule is CC(=O)OC(C)(C)[C@H]1O[C@@]23O[C@@H]1C[C@@H](C)[C@@H]2[C@@]1(C)CC[C@@]24C[C@@]25CC[C@H](O[C@@H]2O[C@H](CO)[C@@H](O)[C@H](O)[C@H]2O)C(C)(C)C5CC[C@H]4[C@]1(C)[C@H]3O. The number of fused-ring (bicyclic) bond motifs is 4. The summed E-state index contributed by atoms with van der Waals surface area (Å²) in [4.78, 5) is 12.1. The molecule has 8 rings (SSSR count). The zero-order chi connectivity index (χ0) is 35.5. The van der Waals surface area contributed by atoms with Crippen LogP contribution in [0.5, 0.6) is 0 Å². The lowest BCUT2D eigenvalue weighted by Crippen LogP contribution is -2.62. The van der Waals surface area contributed by atoms with Crippen molar-refractivity contribution in [1.82, 2.24) is 0 Å². The number of rotatable bonds is 5. The van der Waals surface area contributed by atoms with Crippen molar-refractivity contribution in [3.05, 3.63) is 0 Å². The van der Waals surface area contributed by atoms with E-state index in [0.717, 1.165) is 51.4 Å². The second-order valence-electron chi connectivity index (χ2n) is 19.3. The molecule has 11 nitrogen and oxygen atoms in total. The lowest BCUT2D eigenvalue weighted by molar-refractivity contribution is -0.326.